The molecule has 0 fully saturated rings. The highest BCUT2D eigenvalue weighted by Gasteiger charge is 2.35. The second-order valence-electron chi connectivity index (χ2n) is 14.3. The van der Waals surface area contributed by atoms with E-state index in [1.807, 2.05) is 67.1 Å². The van der Waals surface area contributed by atoms with Crippen LogP contribution in [0.1, 0.15) is 43.0 Å². The smallest absolute Gasteiger partial charge is 0.412 e. The number of nitrogens with two attached hydrogens (primary N) is 1. The molecule has 6 aromatic rings. The average molecular weight is 813 g/mol. The third kappa shape index (κ3) is 7.46. The Balaban J connectivity index is 0.000000174. The van der Waals surface area contributed by atoms with Crippen LogP contribution in [-0.2, 0) is 37.9 Å². The molecule has 2 aliphatic rings. The van der Waals surface area contributed by atoms with Crippen LogP contribution in [0.15, 0.2) is 118 Å². The van der Waals surface area contributed by atoms with Crippen molar-refractivity contribution >= 4 is 71.6 Å². The molecule has 3 N–H and O–H groups in total. The molecule has 0 atom stereocenters. The summed E-state index contributed by atoms with van der Waals surface area (Å²) < 4.78 is 61.5. The Bertz CT molecular complexity index is 2630. The Morgan fingerprint density at radius 1 is 0.673 bits per heavy atom. The normalized spacial score (nSPS) is 13.4. The quantitative estimate of drug-likeness (QED) is 0.165. The number of carbonyl (C=O) groups excluding carboxylic acids is 1. The van der Waals surface area contributed by atoms with Gasteiger partial charge in [0.1, 0.15) is 5.60 Å². The number of anilines is 4. The number of thiophene rings is 2. The van der Waals surface area contributed by atoms with Gasteiger partial charge in [-0.15, -0.1) is 22.7 Å². The molecule has 0 spiro atoms. The van der Waals surface area contributed by atoms with Crippen molar-refractivity contribution in [2.75, 3.05) is 19.7 Å². The van der Waals surface area contributed by atoms with Gasteiger partial charge >= 0.3 is 6.09 Å². The Hall–Kier alpha value is -5.15. The molecule has 8 rings (SSSR count). The number of hydrogen-bond donors (Lipinski definition) is 2. The van der Waals surface area contributed by atoms with Crippen LogP contribution in [0.25, 0.3) is 20.9 Å². The van der Waals surface area contributed by atoms with Crippen molar-refractivity contribution in [3.63, 3.8) is 0 Å². The van der Waals surface area contributed by atoms with Gasteiger partial charge in [-0.05, 0) is 105 Å². The lowest BCUT2D eigenvalue weighted by atomic mass is 9.99. The van der Waals surface area contributed by atoms with E-state index in [9.17, 15) is 21.6 Å². The summed E-state index contributed by atoms with van der Waals surface area (Å²) in [6.45, 7) is 9.74. The molecule has 10 nitrogen and oxygen atoms in total. The molecule has 14 heteroatoms. The minimum absolute atomic E-state index is 0.180. The molecule has 0 aliphatic carbocycles. The van der Waals surface area contributed by atoms with Gasteiger partial charge in [0, 0.05) is 16.8 Å². The Morgan fingerprint density at radius 3 is 1.62 bits per heavy atom. The number of sulfonamides is 2. The molecule has 1 amide bonds. The predicted octanol–water partition coefficient (Wildman–Crippen LogP) is 9.79. The third-order valence-corrected chi connectivity index (χ3v) is 14.5. The fourth-order valence-corrected chi connectivity index (χ4v) is 11.5. The lowest BCUT2D eigenvalue weighted by Gasteiger charge is -2.31. The van der Waals surface area contributed by atoms with Crippen molar-refractivity contribution in [1.29, 1.82) is 0 Å². The molecule has 4 aromatic carbocycles. The summed E-state index contributed by atoms with van der Waals surface area (Å²) in [5.74, 6) is 0. The molecule has 55 heavy (non-hydrogen) atoms. The number of nitrogens with one attached hydrogen (secondary N) is 1. The van der Waals surface area contributed by atoms with Crippen molar-refractivity contribution in [3.05, 3.63) is 130 Å². The second-order valence-corrected chi connectivity index (χ2v) is 19.8. The number of amides is 1. The highest BCUT2D eigenvalue weighted by molar-refractivity contribution is 7.93. The van der Waals surface area contributed by atoms with Crippen molar-refractivity contribution in [2.45, 2.75) is 63.1 Å². The van der Waals surface area contributed by atoms with Crippen LogP contribution in [0.5, 0.6) is 0 Å². The minimum atomic E-state index is -3.74. The largest absolute Gasteiger partial charge is 0.444 e. The van der Waals surface area contributed by atoms with Gasteiger partial charge in [0.15, 0.2) is 0 Å². The van der Waals surface area contributed by atoms with Crippen LogP contribution in [0, 0.1) is 13.8 Å². The fourth-order valence-electron chi connectivity index (χ4n) is 6.50. The molecular weight excluding hydrogens is 773 g/mol. The van der Waals surface area contributed by atoms with Gasteiger partial charge in [0.2, 0.25) is 0 Å². The van der Waals surface area contributed by atoms with Crippen LogP contribution < -0.4 is 19.7 Å². The number of fused-ring (bicyclic) bond motifs is 6. The predicted molar refractivity (Wildman–Crippen MR) is 223 cm³/mol. The number of carbonyl (C=O) groups is 1. The van der Waals surface area contributed by atoms with Gasteiger partial charge in [0.25, 0.3) is 20.0 Å². The molecule has 2 aromatic heterocycles. The van der Waals surface area contributed by atoms with Gasteiger partial charge in [0.05, 0.1) is 49.7 Å². The van der Waals surface area contributed by atoms with E-state index in [4.69, 9.17) is 10.5 Å². The van der Waals surface area contributed by atoms with Gasteiger partial charge in [-0.25, -0.2) is 21.6 Å². The summed E-state index contributed by atoms with van der Waals surface area (Å²) in [6, 6.07) is 28.6. The summed E-state index contributed by atoms with van der Waals surface area (Å²) in [7, 11) is -7.36. The van der Waals surface area contributed by atoms with Gasteiger partial charge in [-0.3, -0.25) is 13.9 Å². The van der Waals surface area contributed by atoms with E-state index in [1.165, 1.54) is 31.3 Å². The van der Waals surface area contributed by atoms with Gasteiger partial charge in [-0.2, -0.15) is 0 Å². The second kappa shape index (κ2) is 14.5. The SMILES string of the molecule is Cc1ccc(S(=O)(=O)N2Cc3cccc(N)c3-c3sccc32)cc1.Cc1ccc(S(=O)(=O)N2Cc3cccc(NC(=O)OC(C)(C)C)c3-c3sccc32)cc1. The standard InChI is InChI=1S/C23H24N2O4S2.C18H16N2O2S2/c1-15-8-10-17(11-9-15)31(27,28)25-14-16-6-5-7-18(24-22(26)29-23(2,3)4)20(16)21-19(25)12-13-30-21;1-12-5-7-14(8-6-12)24(21,22)20-11-13-3-2-4-15(19)17(13)18-16(20)9-10-23-18/h5-13H,14H2,1-4H3,(H,24,26);2-10H,11,19H2,1H3. The zero-order valence-corrected chi connectivity index (χ0v) is 34.1. The summed E-state index contributed by atoms with van der Waals surface area (Å²) in [5, 5.41) is 6.60. The number of hydrogen-bond acceptors (Lipinski definition) is 9. The van der Waals surface area contributed by atoms with Crippen molar-refractivity contribution in [1.82, 2.24) is 0 Å². The van der Waals surface area contributed by atoms with Crippen LogP contribution in [-0.4, -0.2) is 28.5 Å². The molecule has 0 radical (unpaired) electrons. The number of nitrogens with zero attached hydrogens (tertiary/aromatic N) is 2. The van der Waals surface area contributed by atoms with Gasteiger partial charge in [-0.1, -0.05) is 59.7 Å². The third-order valence-electron chi connectivity index (χ3n) is 9.10. The number of rotatable bonds is 5. The minimum Gasteiger partial charge on any atom is -0.444 e. The first kappa shape index (κ1) is 38.1. The first-order chi connectivity index (χ1) is 26.0. The number of ether oxygens (including phenoxy) is 1. The Morgan fingerprint density at radius 2 is 1.13 bits per heavy atom. The highest BCUT2D eigenvalue weighted by Crippen LogP contribution is 2.49. The van der Waals surface area contributed by atoms with E-state index in [-0.39, 0.29) is 11.4 Å². The average Bonchev–Trinajstić information content (AvgIpc) is 3.82. The van der Waals surface area contributed by atoms with Crippen molar-refractivity contribution in [3.8, 4) is 20.9 Å². The van der Waals surface area contributed by atoms with Crippen LogP contribution in [0.2, 0.25) is 0 Å². The van der Waals surface area contributed by atoms with Crippen LogP contribution in [0.3, 0.4) is 0 Å². The first-order valence-electron chi connectivity index (χ1n) is 17.4. The summed E-state index contributed by atoms with van der Waals surface area (Å²) >= 11 is 2.96. The van der Waals surface area contributed by atoms with E-state index < -0.39 is 31.7 Å². The van der Waals surface area contributed by atoms with Crippen molar-refractivity contribution < 1.29 is 26.4 Å². The zero-order chi connectivity index (χ0) is 39.3. The van der Waals surface area contributed by atoms with E-state index in [0.29, 0.717) is 34.2 Å². The number of aryl methyl sites for hydroxylation is 2. The molecule has 284 valence electrons. The molecule has 4 heterocycles. The molecular formula is C41H40N4O6S4. The maximum atomic E-state index is 13.4. The first-order valence-corrected chi connectivity index (χ1v) is 22.0. The maximum Gasteiger partial charge on any atom is 0.412 e. The Labute approximate surface area is 329 Å². The summed E-state index contributed by atoms with van der Waals surface area (Å²) in [5.41, 5.74) is 13.7. The van der Waals surface area contributed by atoms with E-state index in [2.05, 4.69) is 5.32 Å². The van der Waals surface area contributed by atoms with Crippen LogP contribution >= 0.6 is 22.7 Å². The van der Waals surface area contributed by atoms with Gasteiger partial charge < -0.3 is 10.5 Å². The van der Waals surface area contributed by atoms with E-state index in [0.717, 1.165) is 43.1 Å². The topological polar surface area (TPSA) is 139 Å². The summed E-state index contributed by atoms with van der Waals surface area (Å²) in [4.78, 5) is 14.6. The summed E-state index contributed by atoms with van der Waals surface area (Å²) in [6.07, 6.45) is -0.547. The fraction of sp³-hybridized carbons (Fsp3) is 0.195. The molecule has 0 saturated heterocycles. The lowest BCUT2D eigenvalue weighted by Crippen LogP contribution is -2.33. The van der Waals surface area contributed by atoms with Crippen LogP contribution in [0.4, 0.5) is 27.5 Å². The maximum absolute atomic E-state index is 13.4. The monoisotopic (exact) mass is 812 g/mol. The molecule has 0 saturated carbocycles. The van der Waals surface area contributed by atoms with E-state index in [1.54, 1.807) is 75.4 Å². The van der Waals surface area contributed by atoms with Crippen molar-refractivity contribution in [2.24, 2.45) is 0 Å². The highest BCUT2D eigenvalue weighted by atomic mass is 32.2. The number of nitrogen functional groups attached to an aromatic ring is 1. The molecule has 2 aliphatic heterocycles. The molecule has 0 bridgehead atoms. The zero-order valence-electron chi connectivity index (χ0n) is 30.9. The lowest BCUT2D eigenvalue weighted by molar-refractivity contribution is 0.0636. The molecule has 0 unspecified atom stereocenters. The Kier molecular flexibility index (Phi) is 10.0. The van der Waals surface area contributed by atoms with E-state index >= 15 is 0 Å². The number of benzene rings is 4.